The minimum absolute atomic E-state index is 0.186. The summed E-state index contributed by atoms with van der Waals surface area (Å²) in [5, 5.41) is 0. The number of ether oxygens (including phenoxy) is 2. The van der Waals surface area contributed by atoms with Gasteiger partial charge in [0.25, 0.3) is 0 Å². The predicted molar refractivity (Wildman–Crippen MR) is 66.4 cm³/mol. The first-order valence-electron chi connectivity index (χ1n) is 5.92. The first-order chi connectivity index (χ1) is 8.72. The topological polar surface area (TPSA) is 52.6 Å². The molecule has 97 valence electrons. The number of hydrogen-bond donors (Lipinski definition) is 0. The van der Waals surface area contributed by atoms with Crippen molar-refractivity contribution in [1.82, 2.24) is 0 Å². The lowest BCUT2D eigenvalue weighted by molar-refractivity contribution is -0.145. The van der Waals surface area contributed by atoms with Crippen LogP contribution in [0.1, 0.15) is 25.3 Å². The van der Waals surface area contributed by atoms with Gasteiger partial charge < -0.3 is 9.47 Å². The average molecular weight is 249 g/mol. The van der Waals surface area contributed by atoms with Crippen LogP contribution in [0.3, 0.4) is 0 Å². The highest BCUT2D eigenvalue weighted by atomic mass is 16.5. The summed E-state index contributed by atoms with van der Waals surface area (Å²) in [4.78, 5) is 22.3. The Morgan fingerprint density at radius 2 is 1.89 bits per heavy atom. The Kier molecular flexibility index (Phi) is 6.54. The van der Waals surface area contributed by atoms with Gasteiger partial charge >= 0.3 is 11.9 Å². The summed E-state index contributed by atoms with van der Waals surface area (Å²) < 4.78 is 9.77. The van der Waals surface area contributed by atoms with Crippen molar-refractivity contribution in [3.8, 4) is 0 Å². The number of esters is 2. The molecule has 0 N–H and O–H groups in total. The lowest BCUT2D eigenvalue weighted by Crippen LogP contribution is -2.08. The lowest BCUT2D eigenvalue weighted by atomic mass is 10.2. The molecule has 0 aromatic heterocycles. The fourth-order valence-corrected chi connectivity index (χ4v) is 1.32. The molecule has 0 aliphatic rings. The van der Waals surface area contributed by atoms with Crippen molar-refractivity contribution in [2.75, 3.05) is 6.61 Å². The Hall–Kier alpha value is -1.84. The van der Waals surface area contributed by atoms with Gasteiger partial charge in [-0.3, -0.25) is 9.59 Å². The highest BCUT2D eigenvalue weighted by molar-refractivity contribution is 5.79. The summed E-state index contributed by atoms with van der Waals surface area (Å²) in [7, 11) is 0. The molecule has 4 heteroatoms. The van der Waals surface area contributed by atoms with E-state index in [0.29, 0.717) is 13.0 Å². The summed E-state index contributed by atoms with van der Waals surface area (Å²) in [5.41, 5.74) is 0.945. The zero-order chi connectivity index (χ0) is 13.2. The molecule has 0 bridgehead atoms. The minimum atomic E-state index is -0.395. The van der Waals surface area contributed by atoms with E-state index in [0.717, 1.165) is 5.56 Å². The minimum Gasteiger partial charge on any atom is -0.466 e. The largest absolute Gasteiger partial charge is 0.466 e. The standard InChI is InChI=1S/C14H17O4/c1-2-17-13(15)9-6-10-14(16)18-11-12-7-4-3-5-8-12/h3-5,7-9H,2,6,10-11H2,1H3. The van der Waals surface area contributed by atoms with E-state index >= 15 is 0 Å². The van der Waals surface area contributed by atoms with E-state index in [-0.39, 0.29) is 19.0 Å². The maximum absolute atomic E-state index is 11.4. The molecule has 0 saturated heterocycles. The van der Waals surface area contributed by atoms with Crippen molar-refractivity contribution in [3.63, 3.8) is 0 Å². The van der Waals surface area contributed by atoms with Gasteiger partial charge in [-0.05, 0) is 18.9 Å². The average Bonchev–Trinajstić information content (AvgIpc) is 2.38. The molecule has 1 radical (unpaired) electrons. The number of carbonyl (C=O) groups is 2. The van der Waals surface area contributed by atoms with E-state index in [2.05, 4.69) is 0 Å². The van der Waals surface area contributed by atoms with Gasteiger partial charge in [-0.1, -0.05) is 30.3 Å². The van der Waals surface area contributed by atoms with Gasteiger partial charge in [-0.2, -0.15) is 0 Å². The van der Waals surface area contributed by atoms with Crippen LogP contribution in [-0.2, 0) is 25.7 Å². The van der Waals surface area contributed by atoms with Gasteiger partial charge in [0.15, 0.2) is 0 Å². The van der Waals surface area contributed by atoms with Crippen LogP contribution >= 0.6 is 0 Å². The van der Waals surface area contributed by atoms with Crippen molar-refractivity contribution in [2.45, 2.75) is 26.4 Å². The molecule has 18 heavy (non-hydrogen) atoms. The van der Waals surface area contributed by atoms with E-state index in [9.17, 15) is 9.59 Å². The molecule has 0 atom stereocenters. The van der Waals surface area contributed by atoms with E-state index in [1.807, 2.05) is 30.3 Å². The second-order valence-electron chi connectivity index (χ2n) is 3.64. The first kappa shape index (κ1) is 14.2. The number of rotatable bonds is 7. The molecule has 0 saturated carbocycles. The Bertz CT molecular complexity index is 373. The van der Waals surface area contributed by atoms with Gasteiger partial charge in [0.05, 0.1) is 13.0 Å². The van der Waals surface area contributed by atoms with Crippen LogP contribution in [0, 0.1) is 6.42 Å². The quantitative estimate of drug-likeness (QED) is 0.696. The molecule has 0 unspecified atom stereocenters. The summed E-state index contributed by atoms with van der Waals surface area (Å²) in [6.45, 7) is 2.34. The molecule has 0 aliphatic heterocycles. The smallest absolute Gasteiger partial charge is 0.309 e. The second-order valence-corrected chi connectivity index (χ2v) is 3.64. The third-order valence-electron chi connectivity index (χ3n) is 2.19. The van der Waals surface area contributed by atoms with Crippen LogP contribution in [0.25, 0.3) is 0 Å². The molecule has 0 aliphatic carbocycles. The van der Waals surface area contributed by atoms with Gasteiger partial charge in [-0.25, -0.2) is 0 Å². The van der Waals surface area contributed by atoms with Gasteiger partial charge in [0.1, 0.15) is 6.61 Å². The normalized spacial score (nSPS) is 9.83. The Balaban J connectivity index is 2.13. The maximum Gasteiger partial charge on any atom is 0.309 e. The fourth-order valence-electron chi connectivity index (χ4n) is 1.32. The molecule has 0 fully saturated rings. The van der Waals surface area contributed by atoms with Crippen LogP contribution in [0.15, 0.2) is 30.3 Å². The zero-order valence-electron chi connectivity index (χ0n) is 10.4. The summed E-state index contributed by atoms with van der Waals surface area (Å²) in [6.07, 6.45) is 1.88. The first-order valence-corrected chi connectivity index (χ1v) is 5.92. The van der Waals surface area contributed by atoms with Crippen LogP contribution < -0.4 is 0 Å². The molecule has 4 nitrogen and oxygen atoms in total. The van der Waals surface area contributed by atoms with E-state index in [1.165, 1.54) is 6.42 Å². The molecular formula is C14H17O4. The van der Waals surface area contributed by atoms with E-state index in [4.69, 9.17) is 9.47 Å². The van der Waals surface area contributed by atoms with Crippen molar-refractivity contribution in [2.24, 2.45) is 0 Å². The molecule has 1 rings (SSSR count). The Morgan fingerprint density at radius 1 is 1.17 bits per heavy atom. The second kappa shape index (κ2) is 8.28. The van der Waals surface area contributed by atoms with Gasteiger partial charge in [0, 0.05) is 6.42 Å². The van der Waals surface area contributed by atoms with Crippen molar-refractivity contribution in [3.05, 3.63) is 42.3 Å². The highest BCUT2D eigenvalue weighted by Gasteiger charge is 2.07. The molecule has 1 aromatic carbocycles. The Morgan fingerprint density at radius 3 is 2.56 bits per heavy atom. The summed E-state index contributed by atoms with van der Waals surface area (Å²) >= 11 is 0. The highest BCUT2D eigenvalue weighted by Crippen LogP contribution is 2.04. The molecule has 1 aromatic rings. The fraction of sp³-hybridized carbons (Fsp3) is 0.357. The Labute approximate surface area is 107 Å². The van der Waals surface area contributed by atoms with Crippen molar-refractivity contribution < 1.29 is 19.1 Å². The lowest BCUT2D eigenvalue weighted by Gasteiger charge is -2.04. The molecule has 0 heterocycles. The van der Waals surface area contributed by atoms with E-state index in [1.54, 1.807) is 6.92 Å². The monoisotopic (exact) mass is 249 g/mol. The van der Waals surface area contributed by atoms with Gasteiger partial charge in [-0.15, -0.1) is 0 Å². The molecule has 0 spiro atoms. The predicted octanol–water partition coefficient (Wildman–Crippen LogP) is 2.28. The molecule has 0 amide bonds. The molecular weight excluding hydrogens is 232 g/mol. The summed E-state index contributed by atoms with van der Waals surface area (Å²) in [5.74, 6) is -0.715. The van der Waals surface area contributed by atoms with E-state index < -0.39 is 5.97 Å². The number of benzene rings is 1. The third-order valence-corrected chi connectivity index (χ3v) is 2.19. The van der Waals surface area contributed by atoms with Crippen LogP contribution in [0.4, 0.5) is 0 Å². The SMILES string of the molecule is CCOC(=O)[CH]CCC(=O)OCc1ccccc1. The van der Waals surface area contributed by atoms with Crippen molar-refractivity contribution in [1.29, 1.82) is 0 Å². The van der Waals surface area contributed by atoms with Crippen LogP contribution in [0.2, 0.25) is 0 Å². The zero-order valence-corrected chi connectivity index (χ0v) is 10.4. The van der Waals surface area contributed by atoms with Crippen LogP contribution in [-0.4, -0.2) is 18.5 Å². The van der Waals surface area contributed by atoms with Crippen LogP contribution in [0.5, 0.6) is 0 Å². The third kappa shape index (κ3) is 6.03. The van der Waals surface area contributed by atoms with Crippen molar-refractivity contribution >= 4 is 11.9 Å². The van der Waals surface area contributed by atoms with Gasteiger partial charge in [0.2, 0.25) is 0 Å². The number of carbonyl (C=O) groups excluding carboxylic acids is 2. The number of hydrogen-bond acceptors (Lipinski definition) is 4. The summed E-state index contributed by atoms with van der Waals surface area (Å²) in [6, 6.07) is 9.45. The maximum atomic E-state index is 11.4.